The topological polar surface area (TPSA) is 57.5 Å². The molecule has 0 saturated heterocycles. The minimum Gasteiger partial charge on any atom is -0.463 e. The van der Waals surface area contributed by atoms with Crippen LogP contribution in [0.3, 0.4) is 0 Å². The number of nitrogens with zero attached hydrogens (tertiary/aromatic N) is 6. The molecule has 0 fully saturated rings. The summed E-state index contributed by atoms with van der Waals surface area (Å²) in [6, 6.07) is 19.8. The van der Waals surface area contributed by atoms with Crippen LogP contribution in [0.15, 0.2) is 65.9 Å². The number of benzene rings is 1. The van der Waals surface area contributed by atoms with Crippen molar-refractivity contribution >= 4 is 17.7 Å². The Morgan fingerprint density at radius 2 is 1.57 bits per heavy atom. The van der Waals surface area contributed by atoms with Gasteiger partial charge in [0.05, 0.1) is 12.3 Å². The molecule has 0 N–H and O–H groups in total. The fourth-order valence-corrected chi connectivity index (χ4v) is 2.89. The smallest absolute Gasteiger partial charge is 0.463 e. The van der Waals surface area contributed by atoms with Gasteiger partial charge < -0.3 is 19.9 Å². The standard InChI is InChI=1S/C13H8F2N4.C11H7F2N2.Ir/c14-12-7-6-11(13(15)17-12)19-9-18(8-16-19)10-4-2-1-3-5-10;1-7-4-5-14-9(6-7)8-2-3-10(12)15-11(8)13;/h1-5,7-9H;3-6H,1H3;/q-2;-1;+3. The van der Waals surface area contributed by atoms with Crippen molar-refractivity contribution in [3.05, 3.63) is 109 Å². The van der Waals surface area contributed by atoms with E-state index < -0.39 is 23.8 Å². The zero-order chi connectivity index (χ0) is 24.1. The van der Waals surface area contributed by atoms with Crippen molar-refractivity contribution in [3.63, 3.8) is 0 Å². The van der Waals surface area contributed by atoms with Gasteiger partial charge in [-0.25, -0.2) is 8.78 Å². The van der Waals surface area contributed by atoms with Crippen LogP contribution in [0.2, 0.25) is 0 Å². The van der Waals surface area contributed by atoms with Crippen LogP contribution in [0.25, 0.3) is 11.3 Å². The Hall–Kier alpha value is -3.69. The Labute approximate surface area is 212 Å². The second kappa shape index (κ2) is 11.6. The van der Waals surface area contributed by atoms with E-state index in [0.717, 1.165) is 23.4 Å². The zero-order valence-corrected chi connectivity index (χ0v) is 20.4. The molecule has 178 valence electrons. The predicted molar refractivity (Wildman–Crippen MR) is 118 cm³/mol. The van der Waals surface area contributed by atoms with Crippen LogP contribution in [-0.4, -0.2) is 21.3 Å². The number of hydrogen-bond acceptors (Lipinski definition) is 6. The van der Waals surface area contributed by atoms with Gasteiger partial charge in [-0.1, -0.05) is 41.5 Å². The first-order chi connectivity index (χ1) is 16.4. The molecular weight excluding hydrogens is 641 g/mol. The van der Waals surface area contributed by atoms with E-state index in [9.17, 15) is 17.6 Å². The average Bonchev–Trinajstić information content (AvgIpc) is 3.30. The van der Waals surface area contributed by atoms with E-state index in [1.807, 2.05) is 37.3 Å². The number of rotatable bonds is 3. The number of pyridine rings is 3. The Kier molecular flexibility index (Phi) is 8.62. The molecule has 11 heteroatoms. The van der Waals surface area contributed by atoms with Crippen molar-refractivity contribution in [2.75, 3.05) is 9.91 Å². The first kappa shape index (κ1) is 25.9. The van der Waals surface area contributed by atoms with Gasteiger partial charge in [-0.15, -0.1) is 18.8 Å². The molecule has 6 nitrogen and oxygen atoms in total. The summed E-state index contributed by atoms with van der Waals surface area (Å²) in [5, 5.41) is 5.24. The maximum atomic E-state index is 13.5. The number of hydrogen-bond donors (Lipinski definition) is 0. The van der Waals surface area contributed by atoms with Gasteiger partial charge in [0.15, 0.2) is 0 Å². The second-order valence-electron chi connectivity index (χ2n) is 6.90. The summed E-state index contributed by atoms with van der Waals surface area (Å²) >= 11 is 0. The summed E-state index contributed by atoms with van der Waals surface area (Å²) in [5.74, 6) is -3.65. The molecule has 4 aromatic rings. The first-order valence-corrected chi connectivity index (χ1v) is 9.83. The van der Waals surface area contributed by atoms with Gasteiger partial charge in [-0.3, -0.25) is 13.8 Å². The van der Waals surface area contributed by atoms with Gasteiger partial charge in [0.2, 0.25) is 0 Å². The molecule has 3 aromatic heterocycles. The van der Waals surface area contributed by atoms with Crippen LogP contribution in [0, 0.1) is 49.5 Å². The summed E-state index contributed by atoms with van der Waals surface area (Å²) in [6.45, 7) is 3.42. The zero-order valence-electron chi connectivity index (χ0n) is 18.0. The van der Waals surface area contributed by atoms with Gasteiger partial charge in [-0.05, 0) is 36.5 Å². The summed E-state index contributed by atoms with van der Waals surface area (Å²) < 4.78 is 52.0. The monoisotopic (exact) mass is 656 g/mol. The third kappa shape index (κ3) is 6.46. The Balaban J connectivity index is 0.000000195. The molecule has 1 aliphatic rings. The number of aryl methyl sites for hydroxylation is 1. The number of hydrazone groups is 1. The third-order valence-electron chi connectivity index (χ3n) is 4.46. The molecular formula is C24H15F4IrN6. The van der Waals surface area contributed by atoms with Crippen LogP contribution >= 0.6 is 0 Å². The maximum absolute atomic E-state index is 13.5. The SMILES string of the molecule is Cc1ccnc(-c2[c-]cc(F)nc2F)c1.Fc1c[c-]c(N2[CH-]N(c3ccccc3)C=N2)c(F)n1.[Ir+3]. The minimum atomic E-state index is -0.955. The molecule has 0 unspecified atom stereocenters. The third-order valence-corrected chi connectivity index (χ3v) is 4.46. The second-order valence-corrected chi connectivity index (χ2v) is 6.90. The summed E-state index contributed by atoms with van der Waals surface area (Å²) in [6.07, 6.45) is 3.08. The number of para-hydroxylation sites is 1. The number of anilines is 2. The van der Waals surface area contributed by atoms with Crippen LogP contribution in [-0.2, 0) is 20.1 Å². The molecule has 0 radical (unpaired) electrons. The Morgan fingerprint density at radius 1 is 0.886 bits per heavy atom. The fraction of sp³-hybridized carbons (Fsp3) is 0.0417. The molecule has 1 aromatic carbocycles. The molecule has 0 saturated carbocycles. The summed E-state index contributed by atoms with van der Waals surface area (Å²) in [4.78, 5) is 11.8. The minimum absolute atomic E-state index is 0. The van der Waals surface area contributed by atoms with E-state index in [4.69, 9.17) is 0 Å². The first-order valence-electron chi connectivity index (χ1n) is 9.83. The number of aromatic nitrogens is 3. The van der Waals surface area contributed by atoms with Crippen LogP contribution < -0.4 is 9.91 Å². The Morgan fingerprint density at radius 3 is 2.23 bits per heavy atom. The molecule has 4 heterocycles. The van der Waals surface area contributed by atoms with Crippen molar-refractivity contribution in [2.45, 2.75) is 6.92 Å². The normalized spacial score (nSPS) is 12.1. The molecule has 5 rings (SSSR count). The van der Waals surface area contributed by atoms with E-state index >= 15 is 0 Å². The maximum Gasteiger partial charge on any atom is 3.00 e. The quantitative estimate of drug-likeness (QED) is 0.175. The van der Waals surface area contributed by atoms with E-state index in [1.54, 1.807) is 29.9 Å². The number of halogens is 4. The van der Waals surface area contributed by atoms with Crippen molar-refractivity contribution < 1.29 is 37.7 Å². The van der Waals surface area contributed by atoms with Gasteiger partial charge >= 0.3 is 20.1 Å². The fourth-order valence-electron chi connectivity index (χ4n) is 2.89. The van der Waals surface area contributed by atoms with E-state index in [0.29, 0.717) is 5.69 Å². The molecule has 0 spiro atoms. The Bertz CT molecular complexity index is 1320. The summed E-state index contributed by atoms with van der Waals surface area (Å²) in [7, 11) is 0. The van der Waals surface area contributed by atoms with Crippen LogP contribution in [0.1, 0.15) is 5.56 Å². The van der Waals surface area contributed by atoms with Gasteiger partial charge in [0.25, 0.3) is 0 Å². The molecule has 0 bridgehead atoms. The molecule has 0 atom stereocenters. The van der Waals surface area contributed by atoms with Gasteiger partial charge in [0.1, 0.15) is 17.8 Å². The summed E-state index contributed by atoms with van der Waals surface area (Å²) in [5.41, 5.74) is 2.28. The van der Waals surface area contributed by atoms with E-state index in [-0.39, 0.29) is 31.4 Å². The predicted octanol–water partition coefficient (Wildman–Crippen LogP) is 5.08. The van der Waals surface area contributed by atoms with Crippen molar-refractivity contribution in [2.24, 2.45) is 5.10 Å². The van der Waals surface area contributed by atoms with E-state index in [1.165, 1.54) is 11.3 Å². The van der Waals surface area contributed by atoms with Crippen molar-refractivity contribution in [1.82, 2.24) is 15.0 Å². The van der Waals surface area contributed by atoms with Gasteiger partial charge in [0, 0.05) is 11.9 Å². The molecule has 1 aliphatic heterocycles. The molecule has 35 heavy (non-hydrogen) atoms. The molecule has 0 amide bonds. The van der Waals surface area contributed by atoms with Crippen molar-refractivity contribution in [3.8, 4) is 11.3 Å². The van der Waals surface area contributed by atoms with Crippen LogP contribution in [0.5, 0.6) is 0 Å². The largest absolute Gasteiger partial charge is 3.00 e. The van der Waals surface area contributed by atoms with Crippen LogP contribution in [0.4, 0.5) is 28.9 Å². The molecule has 0 aliphatic carbocycles. The van der Waals surface area contributed by atoms with Crippen molar-refractivity contribution in [1.29, 1.82) is 0 Å². The van der Waals surface area contributed by atoms with Gasteiger partial charge in [-0.2, -0.15) is 11.2 Å². The van der Waals surface area contributed by atoms with E-state index in [2.05, 4.69) is 32.2 Å². The average molecular weight is 656 g/mol.